The van der Waals surface area contributed by atoms with Crippen molar-refractivity contribution in [2.75, 3.05) is 0 Å². The third-order valence-electron chi connectivity index (χ3n) is 2.96. The van der Waals surface area contributed by atoms with Gasteiger partial charge in [0.15, 0.2) is 0 Å². The number of benzene rings is 1. The van der Waals surface area contributed by atoms with Crippen molar-refractivity contribution in [3.63, 3.8) is 0 Å². The van der Waals surface area contributed by atoms with E-state index in [4.69, 9.17) is 16.3 Å². The second kappa shape index (κ2) is 6.05. The monoisotopic (exact) mass is 263 g/mol. The van der Waals surface area contributed by atoms with Crippen molar-refractivity contribution in [2.24, 2.45) is 0 Å². The van der Waals surface area contributed by atoms with E-state index < -0.39 is 0 Å². The Labute approximate surface area is 113 Å². The molecule has 1 atom stereocenters. The number of hydrogen-bond donors (Lipinski definition) is 0. The van der Waals surface area contributed by atoms with Crippen LogP contribution in [0.25, 0.3) is 10.9 Å². The molecular formula is C15H18ClNO. The number of fused-ring (bicyclic) bond motifs is 1. The van der Waals surface area contributed by atoms with E-state index >= 15 is 0 Å². The molecule has 0 saturated carbocycles. The van der Waals surface area contributed by atoms with Gasteiger partial charge in [-0.1, -0.05) is 31.4 Å². The van der Waals surface area contributed by atoms with Gasteiger partial charge < -0.3 is 4.74 Å². The summed E-state index contributed by atoms with van der Waals surface area (Å²) in [6.45, 7) is 4.29. The molecule has 0 aliphatic carbocycles. The largest absolute Gasteiger partial charge is 0.491 e. The van der Waals surface area contributed by atoms with Gasteiger partial charge in [-0.15, -0.1) is 0 Å². The van der Waals surface area contributed by atoms with Crippen molar-refractivity contribution >= 4 is 22.5 Å². The maximum atomic E-state index is 6.10. The molecule has 0 saturated heterocycles. The van der Waals surface area contributed by atoms with Crippen LogP contribution in [0.4, 0.5) is 0 Å². The quantitative estimate of drug-likeness (QED) is 0.770. The van der Waals surface area contributed by atoms with Gasteiger partial charge >= 0.3 is 0 Å². The van der Waals surface area contributed by atoms with E-state index in [9.17, 15) is 0 Å². The summed E-state index contributed by atoms with van der Waals surface area (Å²) in [5.41, 5.74) is 0.877. The third-order valence-corrected chi connectivity index (χ3v) is 3.29. The molecule has 0 aliphatic heterocycles. The van der Waals surface area contributed by atoms with Crippen LogP contribution in [0.2, 0.25) is 5.02 Å². The molecule has 0 N–H and O–H groups in total. The summed E-state index contributed by atoms with van der Waals surface area (Å²) in [6, 6.07) is 7.67. The molecule has 1 aromatic heterocycles. The minimum Gasteiger partial charge on any atom is -0.491 e. The van der Waals surface area contributed by atoms with E-state index in [2.05, 4.69) is 18.8 Å². The van der Waals surface area contributed by atoms with E-state index in [1.54, 1.807) is 12.3 Å². The van der Waals surface area contributed by atoms with Gasteiger partial charge in [-0.3, -0.25) is 4.98 Å². The summed E-state index contributed by atoms with van der Waals surface area (Å²) in [7, 11) is 0. The Morgan fingerprint density at radius 3 is 2.94 bits per heavy atom. The van der Waals surface area contributed by atoms with Gasteiger partial charge in [0.1, 0.15) is 5.75 Å². The standard InChI is InChI=1S/C15H18ClNO/c1-3-4-5-11(2)18-12-6-7-13-14(16)8-9-17-15(13)10-12/h6-11H,3-5H2,1-2H3. The van der Waals surface area contributed by atoms with Gasteiger partial charge in [0, 0.05) is 17.6 Å². The molecule has 2 rings (SSSR count). The number of aromatic nitrogens is 1. The maximum absolute atomic E-state index is 6.10. The lowest BCUT2D eigenvalue weighted by Crippen LogP contribution is -2.11. The normalized spacial score (nSPS) is 12.6. The van der Waals surface area contributed by atoms with Crippen LogP contribution in [0.15, 0.2) is 30.5 Å². The molecule has 0 amide bonds. The fraction of sp³-hybridized carbons (Fsp3) is 0.400. The second-order valence-electron chi connectivity index (χ2n) is 4.54. The maximum Gasteiger partial charge on any atom is 0.121 e. The summed E-state index contributed by atoms with van der Waals surface area (Å²) in [5, 5.41) is 1.69. The topological polar surface area (TPSA) is 22.1 Å². The summed E-state index contributed by atoms with van der Waals surface area (Å²) in [5.74, 6) is 0.862. The lowest BCUT2D eigenvalue weighted by Gasteiger charge is -2.14. The van der Waals surface area contributed by atoms with Crippen LogP contribution in [-0.4, -0.2) is 11.1 Å². The molecule has 1 unspecified atom stereocenters. The second-order valence-corrected chi connectivity index (χ2v) is 4.95. The first-order valence-electron chi connectivity index (χ1n) is 6.41. The molecular weight excluding hydrogens is 246 g/mol. The summed E-state index contributed by atoms with van der Waals surface area (Å²) >= 11 is 6.10. The molecule has 0 bridgehead atoms. The fourth-order valence-electron chi connectivity index (χ4n) is 1.95. The highest BCUT2D eigenvalue weighted by molar-refractivity contribution is 6.35. The van der Waals surface area contributed by atoms with E-state index in [0.29, 0.717) is 0 Å². The molecule has 96 valence electrons. The van der Waals surface area contributed by atoms with E-state index in [-0.39, 0.29) is 6.10 Å². The molecule has 0 fully saturated rings. The van der Waals surface area contributed by atoms with E-state index in [1.807, 2.05) is 18.2 Å². The Balaban J connectivity index is 2.15. The van der Waals surface area contributed by atoms with Crippen LogP contribution in [0.3, 0.4) is 0 Å². The zero-order chi connectivity index (χ0) is 13.0. The number of unbranched alkanes of at least 4 members (excludes halogenated alkanes) is 1. The molecule has 0 aliphatic rings. The predicted octanol–water partition coefficient (Wildman–Crippen LogP) is 4.85. The Morgan fingerprint density at radius 1 is 1.33 bits per heavy atom. The van der Waals surface area contributed by atoms with Gasteiger partial charge in [0.05, 0.1) is 16.6 Å². The van der Waals surface area contributed by atoms with Crippen LogP contribution >= 0.6 is 11.6 Å². The van der Waals surface area contributed by atoms with E-state index in [1.165, 1.54) is 12.8 Å². The minimum absolute atomic E-state index is 0.238. The lowest BCUT2D eigenvalue weighted by molar-refractivity contribution is 0.207. The Morgan fingerprint density at radius 2 is 2.17 bits per heavy atom. The van der Waals surface area contributed by atoms with Crippen molar-refractivity contribution in [2.45, 2.75) is 39.2 Å². The van der Waals surface area contributed by atoms with Crippen molar-refractivity contribution in [3.8, 4) is 5.75 Å². The average molecular weight is 264 g/mol. The van der Waals surface area contributed by atoms with Crippen LogP contribution in [0, 0.1) is 0 Å². The van der Waals surface area contributed by atoms with Crippen molar-refractivity contribution in [3.05, 3.63) is 35.5 Å². The van der Waals surface area contributed by atoms with Crippen molar-refractivity contribution in [1.29, 1.82) is 0 Å². The highest BCUT2D eigenvalue weighted by Gasteiger charge is 2.06. The van der Waals surface area contributed by atoms with Crippen LogP contribution in [-0.2, 0) is 0 Å². The molecule has 1 aromatic carbocycles. The Bertz CT molecular complexity index is 527. The molecule has 0 spiro atoms. The highest BCUT2D eigenvalue weighted by atomic mass is 35.5. The first kappa shape index (κ1) is 13.2. The highest BCUT2D eigenvalue weighted by Crippen LogP contribution is 2.26. The predicted molar refractivity (Wildman–Crippen MR) is 76.4 cm³/mol. The van der Waals surface area contributed by atoms with Crippen molar-refractivity contribution in [1.82, 2.24) is 4.98 Å². The van der Waals surface area contributed by atoms with Gasteiger partial charge in [-0.25, -0.2) is 0 Å². The third kappa shape index (κ3) is 3.14. The summed E-state index contributed by atoms with van der Waals surface area (Å²) in [4.78, 5) is 4.31. The Hall–Kier alpha value is -1.28. The fourth-order valence-corrected chi connectivity index (χ4v) is 2.17. The van der Waals surface area contributed by atoms with Crippen LogP contribution in [0.1, 0.15) is 33.1 Å². The molecule has 18 heavy (non-hydrogen) atoms. The van der Waals surface area contributed by atoms with E-state index in [0.717, 1.165) is 28.1 Å². The summed E-state index contributed by atoms with van der Waals surface area (Å²) < 4.78 is 5.88. The number of halogens is 1. The lowest BCUT2D eigenvalue weighted by atomic mass is 10.2. The number of rotatable bonds is 5. The van der Waals surface area contributed by atoms with Gasteiger partial charge in [0.25, 0.3) is 0 Å². The zero-order valence-electron chi connectivity index (χ0n) is 10.8. The molecule has 1 heterocycles. The molecule has 2 aromatic rings. The smallest absolute Gasteiger partial charge is 0.121 e. The van der Waals surface area contributed by atoms with Crippen LogP contribution < -0.4 is 4.74 Å². The molecule has 0 radical (unpaired) electrons. The average Bonchev–Trinajstić information content (AvgIpc) is 2.36. The zero-order valence-corrected chi connectivity index (χ0v) is 11.6. The van der Waals surface area contributed by atoms with Gasteiger partial charge in [0.2, 0.25) is 0 Å². The Kier molecular flexibility index (Phi) is 4.43. The van der Waals surface area contributed by atoms with Crippen LogP contribution in [0.5, 0.6) is 5.75 Å². The number of hydrogen-bond acceptors (Lipinski definition) is 2. The SMILES string of the molecule is CCCCC(C)Oc1ccc2c(Cl)ccnc2c1. The van der Waals surface area contributed by atoms with Crippen molar-refractivity contribution < 1.29 is 4.74 Å². The minimum atomic E-state index is 0.238. The molecule has 3 heteroatoms. The van der Waals surface area contributed by atoms with Gasteiger partial charge in [-0.2, -0.15) is 0 Å². The molecule has 2 nitrogen and oxygen atoms in total. The number of ether oxygens (including phenoxy) is 1. The number of pyridine rings is 1. The van der Waals surface area contributed by atoms with Gasteiger partial charge in [-0.05, 0) is 31.5 Å². The summed E-state index contributed by atoms with van der Waals surface area (Å²) in [6.07, 6.45) is 5.43. The number of nitrogens with zero attached hydrogens (tertiary/aromatic N) is 1. The first-order chi connectivity index (χ1) is 8.70. The first-order valence-corrected chi connectivity index (χ1v) is 6.79.